The molecule has 1 aliphatic rings. The maximum Gasteiger partial charge on any atom is 0.342 e. The molecule has 2 bridgehead atoms. The third-order valence-corrected chi connectivity index (χ3v) is 4.37. The molecule has 2 atom stereocenters. The first-order valence-corrected chi connectivity index (χ1v) is 9.40. The minimum Gasteiger partial charge on any atom is -0.461 e. The molecule has 0 radical (unpaired) electrons. The van der Waals surface area contributed by atoms with Crippen LogP contribution < -0.4 is 0 Å². The predicted octanol–water partition coefficient (Wildman–Crippen LogP) is 4.92. The van der Waals surface area contributed by atoms with Gasteiger partial charge in [0.2, 0.25) is 0 Å². The Morgan fingerprint density at radius 2 is 2.07 bits per heavy atom. The average Bonchev–Trinajstić information content (AvgIpc) is 2.90. The quantitative estimate of drug-likeness (QED) is 0.456. The van der Waals surface area contributed by atoms with E-state index in [1.807, 2.05) is 40.7 Å². The van der Waals surface area contributed by atoms with Crippen molar-refractivity contribution in [2.24, 2.45) is 5.92 Å². The van der Waals surface area contributed by atoms with Crippen LogP contribution in [-0.4, -0.2) is 22.8 Å². The fourth-order valence-electron chi connectivity index (χ4n) is 3.02. The van der Waals surface area contributed by atoms with Crippen molar-refractivity contribution in [1.29, 1.82) is 0 Å². The van der Waals surface area contributed by atoms with Crippen molar-refractivity contribution in [3.05, 3.63) is 40.9 Å². The molecular weight excluding hydrogens is 340 g/mol. The number of allylic oxidation sites excluding steroid dienone is 1. The van der Waals surface area contributed by atoms with Crippen LogP contribution in [-0.2, 0) is 11.2 Å². The fourth-order valence-corrected chi connectivity index (χ4v) is 3.02. The van der Waals surface area contributed by atoms with Gasteiger partial charge in [0.25, 0.3) is 0 Å². The summed E-state index contributed by atoms with van der Waals surface area (Å²) in [6.07, 6.45) is 3.61. The molecule has 0 spiro atoms. The first kappa shape index (κ1) is 21.1. The predicted molar refractivity (Wildman–Crippen MR) is 107 cm³/mol. The van der Waals surface area contributed by atoms with Gasteiger partial charge in [0.05, 0.1) is 0 Å². The molecule has 2 rings (SSSR count). The number of aliphatic hydroxyl groups is 1. The molecule has 0 amide bonds. The number of aliphatic hydroxyl groups excluding tert-OH is 1. The van der Waals surface area contributed by atoms with E-state index in [4.69, 9.17) is 9.15 Å². The van der Waals surface area contributed by atoms with Crippen molar-refractivity contribution in [3.8, 4) is 11.8 Å². The Labute approximate surface area is 162 Å². The first-order valence-electron chi connectivity index (χ1n) is 9.40. The molecule has 0 saturated heterocycles. The summed E-state index contributed by atoms with van der Waals surface area (Å²) >= 11 is 0. The molecule has 1 aliphatic heterocycles. The van der Waals surface area contributed by atoms with E-state index in [1.54, 1.807) is 6.07 Å². The highest BCUT2D eigenvalue weighted by Crippen LogP contribution is 2.28. The van der Waals surface area contributed by atoms with Gasteiger partial charge in [-0.3, -0.25) is 0 Å². The van der Waals surface area contributed by atoms with E-state index in [-0.39, 0.29) is 11.9 Å². The van der Waals surface area contributed by atoms with Crippen molar-refractivity contribution in [3.63, 3.8) is 0 Å². The maximum atomic E-state index is 12.7. The maximum absolute atomic E-state index is 12.7. The van der Waals surface area contributed by atoms with Gasteiger partial charge < -0.3 is 14.3 Å². The number of hydrogen-bond acceptors (Lipinski definition) is 4. The van der Waals surface area contributed by atoms with Gasteiger partial charge in [-0.1, -0.05) is 23.6 Å². The van der Waals surface area contributed by atoms with E-state index >= 15 is 0 Å². The zero-order chi connectivity index (χ0) is 20.2. The van der Waals surface area contributed by atoms with Crippen molar-refractivity contribution in [1.82, 2.24) is 0 Å². The largest absolute Gasteiger partial charge is 0.461 e. The molecule has 0 aromatic carbocycles. The monoisotopic (exact) mass is 370 g/mol. The van der Waals surface area contributed by atoms with E-state index < -0.39 is 11.7 Å². The van der Waals surface area contributed by atoms with Gasteiger partial charge in [0, 0.05) is 19.3 Å². The second kappa shape index (κ2) is 8.63. The fraction of sp³-hybridized carbons (Fsp3) is 0.522. The van der Waals surface area contributed by atoms with Gasteiger partial charge in [0.15, 0.2) is 0 Å². The van der Waals surface area contributed by atoms with Crippen molar-refractivity contribution < 1.29 is 19.1 Å². The molecular formula is C23H30O4. The molecule has 146 valence electrons. The van der Waals surface area contributed by atoms with Gasteiger partial charge in [-0.25, -0.2) is 4.79 Å². The number of hydrogen-bond donors (Lipinski definition) is 1. The highest BCUT2D eigenvalue weighted by molar-refractivity contribution is 5.91. The van der Waals surface area contributed by atoms with Crippen molar-refractivity contribution in [2.75, 3.05) is 0 Å². The van der Waals surface area contributed by atoms with E-state index in [9.17, 15) is 9.90 Å². The SMILES string of the molecule is C=C(C)[C@H]1CCC#C[C@@H](O)C/C(C)=C\c2cc(C(=O)OC(C)(C)C)c(o2)C1. The minimum absolute atomic E-state index is 0.141. The zero-order valence-corrected chi connectivity index (χ0v) is 17.0. The highest BCUT2D eigenvalue weighted by Gasteiger charge is 2.25. The number of furan rings is 1. The summed E-state index contributed by atoms with van der Waals surface area (Å²) in [5.74, 6) is 6.91. The smallest absolute Gasteiger partial charge is 0.342 e. The Hall–Kier alpha value is -2.25. The van der Waals surface area contributed by atoms with Crippen molar-refractivity contribution in [2.45, 2.75) is 72.0 Å². The Morgan fingerprint density at radius 3 is 2.70 bits per heavy atom. The Bertz CT molecular complexity index is 793. The van der Waals surface area contributed by atoms with E-state index in [0.29, 0.717) is 36.3 Å². The minimum atomic E-state index is -0.704. The summed E-state index contributed by atoms with van der Waals surface area (Å²) in [4.78, 5) is 12.7. The van der Waals surface area contributed by atoms with Crippen LogP contribution in [0.25, 0.3) is 6.08 Å². The Morgan fingerprint density at radius 1 is 1.37 bits per heavy atom. The van der Waals surface area contributed by atoms with Gasteiger partial charge >= 0.3 is 5.97 Å². The third kappa shape index (κ3) is 6.45. The number of fused-ring (bicyclic) bond motifs is 2. The molecule has 0 fully saturated rings. The van der Waals surface area contributed by atoms with Crippen molar-refractivity contribution >= 4 is 12.0 Å². The van der Waals surface area contributed by atoms with Gasteiger partial charge in [-0.05, 0) is 59.1 Å². The summed E-state index contributed by atoms with van der Waals surface area (Å²) in [7, 11) is 0. The number of carbonyl (C=O) groups is 1. The summed E-state index contributed by atoms with van der Waals surface area (Å²) in [5.41, 5.74) is 1.83. The zero-order valence-electron chi connectivity index (χ0n) is 17.0. The lowest BCUT2D eigenvalue weighted by molar-refractivity contribution is 0.00670. The summed E-state index contributed by atoms with van der Waals surface area (Å²) in [5, 5.41) is 10.1. The summed E-state index contributed by atoms with van der Waals surface area (Å²) in [6.45, 7) is 13.5. The van der Waals surface area contributed by atoms with Crippen LogP contribution in [0.15, 0.2) is 28.2 Å². The second-order valence-electron chi connectivity index (χ2n) is 8.31. The first-order chi connectivity index (χ1) is 12.5. The molecule has 0 unspecified atom stereocenters. The third-order valence-electron chi connectivity index (χ3n) is 4.37. The van der Waals surface area contributed by atoms with Crippen LogP contribution >= 0.6 is 0 Å². The lowest BCUT2D eigenvalue weighted by Crippen LogP contribution is -2.24. The van der Waals surface area contributed by atoms with Crippen LogP contribution in [0.5, 0.6) is 0 Å². The van der Waals surface area contributed by atoms with Crippen LogP contribution in [0, 0.1) is 17.8 Å². The highest BCUT2D eigenvalue weighted by atomic mass is 16.6. The molecule has 0 saturated carbocycles. The lowest BCUT2D eigenvalue weighted by atomic mass is 9.91. The number of ether oxygens (including phenoxy) is 1. The summed E-state index contributed by atoms with van der Waals surface area (Å²) < 4.78 is 11.6. The molecule has 1 aromatic rings. The van der Waals surface area contributed by atoms with Crippen LogP contribution in [0.4, 0.5) is 0 Å². The molecule has 27 heavy (non-hydrogen) atoms. The average molecular weight is 370 g/mol. The Kier molecular flexibility index (Phi) is 6.73. The normalized spacial score (nSPS) is 22.8. The topological polar surface area (TPSA) is 59.7 Å². The molecule has 2 heterocycles. The number of esters is 1. The van der Waals surface area contributed by atoms with Gasteiger partial charge in [-0.15, -0.1) is 5.92 Å². The molecule has 1 N–H and O–H groups in total. The second-order valence-corrected chi connectivity index (χ2v) is 8.31. The molecule has 4 heteroatoms. The van der Waals surface area contributed by atoms with Crippen LogP contribution in [0.2, 0.25) is 0 Å². The number of rotatable bonds is 2. The molecule has 1 aromatic heterocycles. The van der Waals surface area contributed by atoms with Gasteiger partial charge in [-0.2, -0.15) is 0 Å². The standard InChI is InChI=1S/C23H30O4/c1-15(2)17-9-7-8-10-18(24)11-16(3)12-19-14-20(21(13-17)26-19)22(25)27-23(4,5)6/h12,14,17-18,24H,1,7,9,11,13H2,2-6H3/b16-12-/t17-,18+/m0/s1. The van der Waals surface area contributed by atoms with Crippen LogP contribution in [0.1, 0.15) is 75.8 Å². The molecule has 4 nitrogen and oxygen atoms in total. The Balaban J connectivity index is 2.45. The van der Waals surface area contributed by atoms with Crippen LogP contribution in [0.3, 0.4) is 0 Å². The van der Waals surface area contributed by atoms with E-state index in [2.05, 4.69) is 18.4 Å². The summed E-state index contributed by atoms with van der Waals surface area (Å²) in [6, 6.07) is 1.73. The number of carbonyl (C=O) groups excluding carboxylic acids is 1. The lowest BCUT2D eigenvalue weighted by Gasteiger charge is -2.20. The van der Waals surface area contributed by atoms with E-state index in [1.165, 1.54) is 0 Å². The van der Waals surface area contributed by atoms with E-state index in [0.717, 1.165) is 17.6 Å². The van der Waals surface area contributed by atoms with Gasteiger partial charge in [0.1, 0.15) is 28.8 Å². The molecule has 0 aliphatic carbocycles.